The third-order valence-corrected chi connectivity index (χ3v) is 4.18. The monoisotopic (exact) mass is 306 g/mol. The van der Waals surface area contributed by atoms with Gasteiger partial charge in [0.2, 0.25) is 5.91 Å². The van der Waals surface area contributed by atoms with Crippen LogP contribution in [0.1, 0.15) is 12.0 Å². The lowest BCUT2D eigenvalue weighted by atomic mass is 9.91. The van der Waals surface area contributed by atoms with E-state index in [2.05, 4.69) is 12.1 Å². The fourth-order valence-corrected chi connectivity index (χ4v) is 3.00. The molecule has 0 aromatic heterocycles. The highest BCUT2D eigenvalue weighted by molar-refractivity contribution is 6.66. The summed E-state index contributed by atoms with van der Waals surface area (Å²) in [4.78, 5) is 23.9. The van der Waals surface area contributed by atoms with Gasteiger partial charge in [0.05, 0.1) is 0 Å². The first-order valence-corrected chi connectivity index (χ1v) is 7.62. The van der Waals surface area contributed by atoms with Gasteiger partial charge >= 0.3 is 7.41 Å². The summed E-state index contributed by atoms with van der Waals surface area (Å²) < 4.78 is 0. The van der Waals surface area contributed by atoms with Gasteiger partial charge in [0, 0.05) is 12.5 Å². The Hall–Kier alpha value is -2.40. The molecule has 1 unspecified atom stereocenters. The van der Waals surface area contributed by atoms with Gasteiger partial charge in [0.25, 0.3) is 0 Å². The molecule has 1 amide bonds. The van der Waals surface area contributed by atoms with Crippen molar-refractivity contribution in [1.82, 2.24) is 4.81 Å². The largest absolute Gasteiger partial charge is 0.383 e. The summed E-state index contributed by atoms with van der Waals surface area (Å²) in [7, 11) is 1.21. The van der Waals surface area contributed by atoms with Crippen molar-refractivity contribution in [2.75, 3.05) is 0 Å². The van der Waals surface area contributed by atoms with E-state index in [1.807, 2.05) is 42.5 Å². The molecular weight excluding hydrogens is 289 g/mol. The molecule has 5 heteroatoms. The Morgan fingerprint density at radius 2 is 1.74 bits per heavy atom. The van der Waals surface area contributed by atoms with Crippen molar-refractivity contribution >= 4 is 19.5 Å². The number of nitrogens with zero attached hydrogens (tertiary/aromatic N) is 1. The van der Waals surface area contributed by atoms with E-state index in [9.17, 15) is 14.7 Å². The molecule has 2 atom stereocenters. The first-order valence-electron chi connectivity index (χ1n) is 7.62. The highest BCUT2D eigenvalue weighted by Crippen LogP contribution is 2.24. The molecule has 1 saturated heterocycles. The maximum Gasteiger partial charge on any atom is 0.331 e. The van der Waals surface area contributed by atoms with Crippen molar-refractivity contribution < 1.29 is 14.7 Å². The number of hydrogen-bond acceptors (Lipinski definition) is 3. The quantitative estimate of drug-likeness (QED) is 0.675. The van der Waals surface area contributed by atoms with E-state index in [1.165, 1.54) is 12.2 Å². The van der Waals surface area contributed by atoms with E-state index >= 15 is 0 Å². The molecule has 1 radical (unpaired) electrons. The highest BCUT2D eigenvalue weighted by Gasteiger charge is 2.37. The molecule has 1 aliphatic heterocycles. The van der Waals surface area contributed by atoms with Crippen molar-refractivity contribution in [3.05, 3.63) is 60.2 Å². The van der Waals surface area contributed by atoms with Crippen LogP contribution in [0.2, 0.25) is 0 Å². The molecule has 23 heavy (non-hydrogen) atoms. The molecule has 1 aliphatic rings. The van der Waals surface area contributed by atoms with Crippen LogP contribution in [-0.2, 0) is 16.0 Å². The first-order chi connectivity index (χ1) is 11.2. The molecular formula is C18H17BNO3. The summed E-state index contributed by atoms with van der Waals surface area (Å²) in [5, 5.41) is 9.71. The summed E-state index contributed by atoms with van der Waals surface area (Å²) in [6, 6.07) is 18.1. The Morgan fingerprint density at radius 1 is 1.09 bits per heavy atom. The van der Waals surface area contributed by atoms with Gasteiger partial charge in [-0.15, -0.1) is 0 Å². The molecule has 115 valence electrons. The van der Waals surface area contributed by atoms with Crippen LogP contribution in [0.25, 0.3) is 11.1 Å². The van der Waals surface area contributed by atoms with Crippen LogP contribution in [0.15, 0.2) is 54.6 Å². The van der Waals surface area contributed by atoms with Crippen LogP contribution < -0.4 is 0 Å². The SMILES string of the molecule is O=C[B]N1C(=O)C(O)C[C@H]1Cc1ccc(-c2ccccc2)cc1. The predicted octanol–water partition coefficient (Wildman–Crippen LogP) is 1.67. The number of amides is 1. The molecule has 3 rings (SSSR count). The summed E-state index contributed by atoms with van der Waals surface area (Å²) >= 11 is 0. The third kappa shape index (κ3) is 3.35. The Labute approximate surface area is 136 Å². The minimum Gasteiger partial charge on any atom is -0.383 e. The standard InChI is InChI=1S/C18H17BNO3/c21-12-19-20-16(11-17(22)18(20)23)10-13-6-8-15(9-7-13)14-4-2-1-3-5-14/h1-9,12,16-17,22H,10-11H2/t16-,17?/m1/s1. The smallest absolute Gasteiger partial charge is 0.331 e. The second-order valence-electron chi connectivity index (χ2n) is 5.70. The number of aliphatic hydroxyl groups is 1. The summed E-state index contributed by atoms with van der Waals surface area (Å²) in [5.41, 5.74) is 3.36. The molecule has 1 heterocycles. The van der Waals surface area contributed by atoms with E-state index in [1.54, 1.807) is 0 Å². The van der Waals surface area contributed by atoms with E-state index in [0.717, 1.165) is 16.7 Å². The predicted molar refractivity (Wildman–Crippen MR) is 89.3 cm³/mol. The van der Waals surface area contributed by atoms with E-state index < -0.39 is 12.0 Å². The van der Waals surface area contributed by atoms with Crippen LogP contribution in [0.4, 0.5) is 0 Å². The van der Waals surface area contributed by atoms with Gasteiger partial charge in [-0.25, -0.2) is 0 Å². The fourth-order valence-electron chi connectivity index (χ4n) is 3.00. The van der Waals surface area contributed by atoms with Gasteiger partial charge < -0.3 is 14.7 Å². The van der Waals surface area contributed by atoms with Crippen molar-refractivity contribution in [3.63, 3.8) is 0 Å². The lowest BCUT2D eigenvalue weighted by molar-refractivity contribution is -0.131. The highest BCUT2D eigenvalue weighted by atomic mass is 16.3. The third-order valence-electron chi connectivity index (χ3n) is 4.18. The van der Waals surface area contributed by atoms with Crippen LogP contribution in [0.3, 0.4) is 0 Å². The maximum absolute atomic E-state index is 11.8. The average Bonchev–Trinajstić information content (AvgIpc) is 2.84. The second kappa shape index (κ2) is 6.79. The lowest BCUT2D eigenvalue weighted by Crippen LogP contribution is -2.39. The number of carbonyl (C=O) groups excluding carboxylic acids is 2. The molecule has 1 N–H and O–H groups in total. The molecule has 1 fully saturated rings. The zero-order chi connectivity index (χ0) is 16.2. The maximum atomic E-state index is 11.8. The van der Waals surface area contributed by atoms with Crippen molar-refractivity contribution in [2.24, 2.45) is 0 Å². The Bertz CT molecular complexity index is 687. The molecule has 2 aromatic carbocycles. The van der Waals surface area contributed by atoms with Crippen LogP contribution >= 0.6 is 0 Å². The molecule has 4 nitrogen and oxygen atoms in total. The van der Waals surface area contributed by atoms with Crippen LogP contribution in [0.5, 0.6) is 0 Å². The lowest BCUT2D eigenvalue weighted by Gasteiger charge is -2.22. The van der Waals surface area contributed by atoms with Gasteiger partial charge in [-0.3, -0.25) is 4.79 Å². The molecule has 0 aliphatic carbocycles. The van der Waals surface area contributed by atoms with Crippen LogP contribution in [0, 0.1) is 0 Å². The van der Waals surface area contributed by atoms with E-state index in [-0.39, 0.29) is 6.04 Å². The Balaban J connectivity index is 1.73. The van der Waals surface area contributed by atoms with Crippen molar-refractivity contribution in [3.8, 4) is 11.1 Å². The summed E-state index contributed by atoms with van der Waals surface area (Å²) in [5.74, 6) is -0.400. The van der Waals surface area contributed by atoms with Gasteiger partial charge in [0.15, 0.2) is 0 Å². The summed E-state index contributed by atoms with van der Waals surface area (Å²) in [6.45, 7) is 0. The van der Waals surface area contributed by atoms with E-state index in [4.69, 9.17) is 0 Å². The van der Waals surface area contributed by atoms with Gasteiger partial charge in [-0.05, 0) is 23.1 Å². The summed E-state index contributed by atoms with van der Waals surface area (Å²) in [6.07, 6.45) is 0.535. The minimum atomic E-state index is -1.01. The zero-order valence-corrected chi connectivity index (χ0v) is 12.6. The van der Waals surface area contributed by atoms with E-state index in [0.29, 0.717) is 19.0 Å². The van der Waals surface area contributed by atoms with Crippen molar-refractivity contribution in [1.29, 1.82) is 0 Å². The average molecular weight is 306 g/mol. The topological polar surface area (TPSA) is 57.6 Å². The van der Waals surface area contributed by atoms with Gasteiger partial charge in [-0.1, -0.05) is 54.6 Å². The molecule has 0 bridgehead atoms. The number of rotatable bonds is 5. The normalized spacial score (nSPS) is 20.6. The number of aliphatic hydroxyl groups excluding tert-OH is 1. The molecule has 2 aromatic rings. The molecule has 0 saturated carbocycles. The Kier molecular flexibility index (Phi) is 4.58. The van der Waals surface area contributed by atoms with Crippen molar-refractivity contribution in [2.45, 2.75) is 25.0 Å². The Morgan fingerprint density at radius 3 is 2.39 bits per heavy atom. The number of benzene rings is 2. The fraction of sp³-hybridized carbons (Fsp3) is 0.222. The van der Waals surface area contributed by atoms with Gasteiger partial charge in [0.1, 0.15) is 12.3 Å². The molecule has 0 spiro atoms. The first kappa shape index (κ1) is 15.5. The number of carbonyl (C=O) groups is 2. The number of hydrogen-bond donors (Lipinski definition) is 1. The minimum absolute atomic E-state index is 0.176. The second-order valence-corrected chi connectivity index (χ2v) is 5.70. The van der Waals surface area contributed by atoms with Crippen LogP contribution in [-0.4, -0.2) is 41.6 Å². The zero-order valence-electron chi connectivity index (χ0n) is 12.6. The van der Waals surface area contributed by atoms with Gasteiger partial charge in [-0.2, -0.15) is 0 Å².